The summed E-state index contributed by atoms with van der Waals surface area (Å²) in [6, 6.07) is 9.30. The van der Waals surface area contributed by atoms with Gasteiger partial charge in [0.05, 0.1) is 0 Å². The van der Waals surface area contributed by atoms with Gasteiger partial charge in [-0.3, -0.25) is 4.79 Å². The molecule has 98 valence electrons. The number of benzene rings is 1. The monoisotopic (exact) mass is 305 g/mol. The van der Waals surface area contributed by atoms with Crippen LogP contribution in [0, 0.1) is 0 Å². The van der Waals surface area contributed by atoms with Gasteiger partial charge in [0.25, 0.3) is 9.70 Å². The van der Waals surface area contributed by atoms with Crippen LogP contribution in [-0.2, 0) is 11.3 Å². The molecule has 0 heterocycles. The molecule has 0 spiro atoms. The van der Waals surface area contributed by atoms with Gasteiger partial charge in [-0.1, -0.05) is 71.2 Å². The fourth-order valence-electron chi connectivity index (χ4n) is 1.47. The summed E-state index contributed by atoms with van der Waals surface area (Å²) in [5.41, 5.74) is 0.966. The minimum atomic E-state index is -1.95. The average Bonchev–Trinajstić information content (AvgIpc) is 2.34. The maximum Gasteiger partial charge on any atom is 0.275 e. The SMILES string of the molecule is C=CC(C)N(Cc1ccccc1)C(=O)C(Cl)(Cl)Cl. The minimum absolute atomic E-state index is 0.215. The highest BCUT2D eigenvalue weighted by atomic mass is 35.6. The van der Waals surface area contributed by atoms with Gasteiger partial charge < -0.3 is 4.90 Å². The zero-order valence-electron chi connectivity index (χ0n) is 9.95. The van der Waals surface area contributed by atoms with E-state index < -0.39 is 9.70 Å². The third-order valence-corrected chi connectivity index (χ3v) is 3.02. The number of rotatable bonds is 4. The fourth-order valence-corrected chi connectivity index (χ4v) is 1.80. The Bertz CT molecular complexity index is 414. The second kappa shape index (κ2) is 6.46. The first-order valence-corrected chi connectivity index (χ1v) is 6.54. The Morgan fingerprint density at radius 3 is 2.39 bits per heavy atom. The van der Waals surface area contributed by atoms with Gasteiger partial charge in [-0.25, -0.2) is 0 Å². The van der Waals surface area contributed by atoms with Crippen molar-refractivity contribution in [2.75, 3.05) is 0 Å². The maximum absolute atomic E-state index is 12.1. The van der Waals surface area contributed by atoms with Crippen LogP contribution in [0.1, 0.15) is 12.5 Å². The van der Waals surface area contributed by atoms with Gasteiger partial charge in [0, 0.05) is 12.6 Å². The molecule has 0 aliphatic heterocycles. The Hall–Kier alpha value is -0.700. The van der Waals surface area contributed by atoms with E-state index in [1.807, 2.05) is 37.3 Å². The number of hydrogen-bond acceptors (Lipinski definition) is 1. The summed E-state index contributed by atoms with van der Waals surface area (Å²) in [5.74, 6) is -0.552. The van der Waals surface area contributed by atoms with E-state index in [0.29, 0.717) is 6.54 Å². The topological polar surface area (TPSA) is 20.3 Å². The third-order valence-electron chi connectivity index (χ3n) is 2.53. The normalized spacial score (nSPS) is 12.9. The Balaban J connectivity index is 2.93. The summed E-state index contributed by atoms with van der Waals surface area (Å²) >= 11 is 17.0. The van der Waals surface area contributed by atoms with E-state index in [4.69, 9.17) is 34.8 Å². The van der Waals surface area contributed by atoms with Gasteiger partial charge in [-0.05, 0) is 12.5 Å². The molecule has 1 aromatic carbocycles. The van der Waals surface area contributed by atoms with E-state index in [1.54, 1.807) is 6.08 Å². The van der Waals surface area contributed by atoms with Crippen molar-refractivity contribution >= 4 is 40.7 Å². The van der Waals surface area contributed by atoms with Crippen LogP contribution in [0.4, 0.5) is 0 Å². The number of amides is 1. The number of alkyl halides is 3. The molecule has 0 radical (unpaired) electrons. The van der Waals surface area contributed by atoms with E-state index >= 15 is 0 Å². The van der Waals surface area contributed by atoms with Crippen LogP contribution in [0.5, 0.6) is 0 Å². The van der Waals surface area contributed by atoms with Crippen molar-refractivity contribution in [2.45, 2.75) is 23.3 Å². The summed E-state index contributed by atoms with van der Waals surface area (Å²) in [4.78, 5) is 13.5. The van der Waals surface area contributed by atoms with E-state index in [9.17, 15) is 4.79 Å². The molecule has 0 aromatic heterocycles. The average molecular weight is 307 g/mol. The molecule has 2 nitrogen and oxygen atoms in total. The van der Waals surface area contributed by atoms with E-state index in [1.165, 1.54) is 4.90 Å². The first-order valence-electron chi connectivity index (χ1n) is 5.40. The van der Waals surface area contributed by atoms with Crippen LogP contribution >= 0.6 is 34.8 Å². The summed E-state index contributed by atoms with van der Waals surface area (Å²) in [6.07, 6.45) is 1.64. The lowest BCUT2D eigenvalue weighted by molar-refractivity contribution is -0.132. The first kappa shape index (κ1) is 15.4. The van der Waals surface area contributed by atoms with Crippen molar-refractivity contribution in [3.8, 4) is 0 Å². The maximum atomic E-state index is 12.1. The van der Waals surface area contributed by atoms with Crippen LogP contribution in [-0.4, -0.2) is 20.6 Å². The molecule has 1 amide bonds. The largest absolute Gasteiger partial charge is 0.329 e. The van der Waals surface area contributed by atoms with Crippen LogP contribution in [0.2, 0.25) is 0 Å². The lowest BCUT2D eigenvalue weighted by Crippen LogP contribution is -2.43. The van der Waals surface area contributed by atoms with Gasteiger partial charge in [0.1, 0.15) is 0 Å². The van der Waals surface area contributed by atoms with Gasteiger partial charge >= 0.3 is 0 Å². The summed E-state index contributed by atoms with van der Waals surface area (Å²) < 4.78 is -1.95. The molecule has 1 rings (SSSR count). The van der Waals surface area contributed by atoms with Gasteiger partial charge in [0.15, 0.2) is 0 Å². The predicted octanol–water partition coefficient (Wildman–Crippen LogP) is 3.96. The molecule has 5 heteroatoms. The zero-order chi connectivity index (χ0) is 13.8. The molecular formula is C13H14Cl3NO. The van der Waals surface area contributed by atoms with Crippen LogP contribution in [0.3, 0.4) is 0 Å². The van der Waals surface area contributed by atoms with Gasteiger partial charge in [-0.2, -0.15) is 0 Å². The molecular weight excluding hydrogens is 293 g/mol. The van der Waals surface area contributed by atoms with E-state index in [2.05, 4.69) is 6.58 Å². The molecule has 0 N–H and O–H groups in total. The highest BCUT2D eigenvalue weighted by Crippen LogP contribution is 2.30. The lowest BCUT2D eigenvalue weighted by atomic mass is 10.2. The number of halogens is 3. The van der Waals surface area contributed by atoms with Crippen molar-refractivity contribution in [2.24, 2.45) is 0 Å². The first-order chi connectivity index (χ1) is 8.36. The van der Waals surface area contributed by atoms with Gasteiger partial charge in [-0.15, -0.1) is 6.58 Å². The third kappa shape index (κ3) is 4.20. The van der Waals surface area contributed by atoms with E-state index in [-0.39, 0.29) is 6.04 Å². The van der Waals surface area contributed by atoms with Crippen LogP contribution in [0.15, 0.2) is 43.0 Å². The smallest absolute Gasteiger partial charge is 0.275 e. The molecule has 0 aliphatic carbocycles. The van der Waals surface area contributed by atoms with Crippen molar-refractivity contribution in [3.05, 3.63) is 48.6 Å². The highest BCUT2D eigenvalue weighted by molar-refractivity contribution is 6.76. The number of carbonyl (C=O) groups is 1. The van der Waals surface area contributed by atoms with Crippen LogP contribution < -0.4 is 0 Å². The predicted molar refractivity (Wildman–Crippen MR) is 76.9 cm³/mol. The quantitative estimate of drug-likeness (QED) is 0.609. The summed E-state index contributed by atoms with van der Waals surface area (Å²) in [5, 5.41) is 0. The summed E-state index contributed by atoms with van der Waals surface area (Å²) in [6.45, 7) is 5.86. The molecule has 0 bridgehead atoms. The molecule has 0 fully saturated rings. The van der Waals surface area contributed by atoms with Gasteiger partial charge in [0.2, 0.25) is 0 Å². The lowest BCUT2D eigenvalue weighted by Gasteiger charge is -2.30. The molecule has 18 heavy (non-hydrogen) atoms. The Morgan fingerprint density at radius 2 is 1.94 bits per heavy atom. The second-order valence-corrected chi connectivity index (χ2v) is 6.17. The highest BCUT2D eigenvalue weighted by Gasteiger charge is 2.36. The molecule has 0 saturated heterocycles. The molecule has 1 atom stereocenters. The number of hydrogen-bond donors (Lipinski definition) is 0. The van der Waals surface area contributed by atoms with Crippen molar-refractivity contribution < 1.29 is 4.79 Å². The molecule has 0 aliphatic rings. The molecule has 0 saturated carbocycles. The zero-order valence-corrected chi connectivity index (χ0v) is 12.2. The Morgan fingerprint density at radius 1 is 1.39 bits per heavy atom. The van der Waals surface area contributed by atoms with E-state index in [0.717, 1.165) is 5.56 Å². The molecule has 1 aromatic rings. The Labute approximate surface area is 122 Å². The number of carbonyl (C=O) groups excluding carboxylic acids is 1. The molecule has 1 unspecified atom stereocenters. The van der Waals surface area contributed by atoms with Crippen LogP contribution in [0.25, 0.3) is 0 Å². The second-order valence-electron chi connectivity index (χ2n) is 3.89. The number of nitrogens with zero attached hydrogens (tertiary/aromatic N) is 1. The van der Waals surface area contributed by atoms with Crippen molar-refractivity contribution in [1.29, 1.82) is 0 Å². The Kier molecular flexibility index (Phi) is 5.51. The standard InChI is InChI=1S/C13H14Cl3NO/c1-3-10(2)17(12(18)13(14,15)16)9-11-7-5-4-6-8-11/h3-8,10H,1,9H2,2H3. The van der Waals surface area contributed by atoms with Crippen molar-refractivity contribution in [1.82, 2.24) is 4.90 Å². The van der Waals surface area contributed by atoms with Crippen molar-refractivity contribution in [3.63, 3.8) is 0 Å². The minimum Gasteiger partial charge on any atom is -0.329 e. The summed E-state index contributed by atoms with van der Waals surface area (Å²) in [7, 11) is 0. The fraction of sp³-hybridized carbons (Fsp3) is 0.308.